The average molecular weight is 271 g/mol. The molecule has 1 saturated heterocycles. The maximum absolute atomic E-state index is 9.55. The second-order valence-corrected chi connectivity index (χ2v) is 4.91. The number of phenols is 1. The molecule has 0 unspecified atom stereocenters. The smallest absolute Gasteiger partial charge is 0.222 e. The first kappa shape index (κ1) is 12.7. The third-order valence-electron chi connectivity index (χ3n) is 3.49. The summed E-state index contributed by atoms with van der Waals surface area (Å²) in [5.74, 6) is 1.27. The highest BCUT2D eigenvalue weighted by Gasteiger charge is 2.26. The molecule has 0 spiro atoms. The number of benzene rings is 1. The highest BCUT2D eigenvalue weighted by atomic mass is 16.3. The zero-order chi connectivity index (χ0) is 14.1. The summed E-state index contributed by atoms with van der Waals surface area (Å²) >= 11 is 0. The number of hydrogen-bond acceptors (Lipinski definition) is 6. The maximum atomic E-state index is 9.55. The van der Waals surface area contributed by atoms with E-state index in [1.54, 1.807) is 18.2 Å². The van der Waals surface area contributed by atoms with Gasteiger partial charge in [0, 0.05) is 30.8 Å². The van der Waals surface area contributed by atoms with E-state index >= 15 is 0 Å². The molecule has 0 atom stereocenters. The molecule has 0 radical (unpaired) electrons. The van der Waals surface area contributed by atoms with Crippen LogP contribution < -0.4 is 16.0 Å². The van der Waals surface area contributed by atoms with Gasteiger partial charge in [-0.25, -0.2) is 4.98 Å². The molecule has 0 saturated carbocycles. The first-order valence-electron chi connectivity index (χ1n) is 6.52. The molecule has 4 N–H and O–H groups in total. The van der Waals surface area contributed by atoms with E-state index in [0.29, 0.717) is 6.04 Å². The molecule has 3 rings (SSSR count). The quantitative estimate of drug-likeness (QED) is 0.767. The molecule has 1 aromatic carbocycles. The van der Waals surface area contributed by atoms with Crippen LogP contribution in [-0.4, -0.2) is 41.3 Å². The molecule has 2 heterocycles. The van der Waals surface area contributed by atoms with Crippen molar-refractivity contribution < 1.29 is 5.11 Å². The van der Waals surface area contributed by atoms with Crippen molar-refractivity contribution >= 4 is 11.8 Å². The Balaban J connectivity index is 1.91. The molecule has 20 heavy (non-hydrogen) atoms. The number of rotatable bonds is 3. The number of phenolic OH excluding ortho intramolecular Hbond substituents is 1. The molecule has 1 aliphatic heterocycles. The van der Waals surface area contributed by atoms with Crippen molar-refractivity contribution in [2.24, 2.45) is 0 Å². The summed E-state index contributed by atoms with van der Waals surface area (Å²) in [6.45, 7) is 1.82. The van der Waals surface area contributed by atoms with E-state index < -0.39 is 0 Å². The van der Waals surface area contributed by atoms with Gasteiger partial charge in [0.15, 0.2) is 0 Å². The van der Waals surface area contributed by atoms with Crippen molar-refractivity contribution in [2.45, 2.75) is 6.04 Å². The van der Waals surface area contributed by atoms with E-state index in [-0.39, 0.29) is 11.7 Å². The van der Waals surface area contributed by atoms with Crippen LogP contribution in [0.15, 0.2) is 30.3 Å². The fraction of sp³-hybridized carbons (Fsp3) is 0.286. The van der Waals surface area contributed by atoms with Crippen LogP contribution >= 0.6 is 0 Å². The van der Waals surface area contributed by atoms with Crippen molar-refractivity contribution in [3.63, 3.8) is 0 Å². The van der Waals surface area contributed by atoms with Gasteiger partial charge in [-0.15, -0.1) is 0 Å². The largest absolute Gasteiger partial charge is 0.508 e. The Kier molecular flexibility index (Phi) is 3.15. The summed E-state index contributed by atoms with van der Waals surface area (Å²) in [4.78, 5) is 10.7. The predicted molar refractivity (Wildman–Crippen MR) is 78.6 cm³/mol. The molecule has 6 heteroatoms. The van der Waals surface area contributed by atoms with E-state index in [2.05, 4.69) is 20.2 Å². The number of anilines is 2. The van der Waals surface area contributed by atoms with Crippen LogP contribution in [0.2, 0.25) is 0 Å². The van der Waals surface area contributed by atoms with Crippen LogP contribution in [0.25, 0.3) is 11.3 Å². The highest BCUT2D eigenvalue weighted by Crippen LogP contribution is 2.27. The van der Waals surface area contributed by atoms with Crippen molar-refractivity contribution in [1.82, 2.24) is 15.3 Å². The predicted octanol–water partition coefficient (Wildman–Crippen LogP) is 0.839. The molecule has 2 aromatic rings. The van der Waals surface area contributed by atoms with Crippen molar-refractivity contribution in [3.8, 4) is 17.0 Å². The second-order valence-electron chi connectivity index (χ2n) is 4.91. The van der Waals surface area contributed by atoms with Crippen LogP contribution in [-0.2, 0) is 0 Å². The Morgan fingerprint density at radius 2 is 2.10 bits per heavy atom. The zero-order valence-electron chi connectivity index (χ0n) is 11.2. The number of aromatic hydroxyl groups is 1. The van der Waals surface area contributed by atoms with E-state index in [0.717, 1.165) is 30.2 Å². The lowest BCUT2D eigenvalue weighted by Gasteiger charge is -2.40. The standard InChI is InChI=1S/C14H17N5O/c1-16-10-7-19(8-10)13-6-12(17-14(15)18-13)9-3-2-4-11(20)5-9/h2-6,10,16,20H,7-8H2,1H3,(H2,15,17,18). The third-order valence-corrected chi connectivity index (χ3v) is 3.49. The minimum Gasteiger partial charge on any atom is -0.508 e. The molecule has 0 amide bonds. The third kappa shape index (κ3) is 2.37. The van der Waals surface area contributed by atoms with Crippen molar-refractivity contribution in [3.05, 3.63) is 30.3 Å². The van der Waals surface area contributed by atoms with Crippen LogP contribution in [0.3, 0.4) is 0 Å². The topological polar surface area (TPSA) is 87.3 Å². The molecule has 0 bridgehead atoms. The maximum Gasteiger partial charge on any atom is 0.222 e. The number of likely N-dealkylation sites (N-methyl/N-ethyl adjacent to an activating group) is 1. The van der Waals surface area contributed by atoms with E-state index in [9.17, 15) is 5.11 Å². The summed E-state index contributed by atoms with van der Waals surface area (Å²) in [5.41, 5.74) is 7.34. The number of nitrogens with one attached hydrogen (secondary N) is 1. The molecule has 104 valence electrons. The van der Waals surface area contributed by atoms with Crippen LogP contribution in [0.1, 0.15) is 0 Å². The minimum atomic E-state index is 0.209. The normalized spacial score (nSPS) is 15.2. The summed E-state index contributed by atoms with van der Waals surface area (Å²) in [7, 11) is 1.95. The van der Waals surface area contributed by atoms with E-state index in [4.69, 9.17) is 5.73 Å². The number of nitrogens with zero attached hydrogens (tertiary/aromatic N) is 3. The lowest BCUT2D eigenvalue weighted by molar-refractivity contribution is 0.447. The summed E-state index contributed by atoms with van der Waals surface area (Å²) in [5, 5.41) is 12.8. The Hall–Kier alpha value is -2.34. The van der Waals surface area contributed by atoms with Gasteiger partial charge in [-0.3, -0.25) is 0 Å². The molecule has 0 aliphatic carbocycles. The van der Waals surface area contributed by atoms with Gasteiger partial charge in [0.2, 0.25) is 5.95 Å². The monoisotopic (exact) mass is 271 g/mol. The van der Waals surface area contributed by atoms with Gasteiger partial charge in [0.05, 0.1) is 5.69 Å². The van der Waals surface area contributed by atoms with Gasteiger partial charge < -0.3 is 21.1 Å². The second kappa shape index (κ2) is 4.97. The Bertz CT molecular complexity index is 625. The van der Waals surface area contributed by atoms with Crippen LogP contribution in [0.5, 0.6) is 5.75 Å². The number of hydrogen-bond donors (Lipinski definition) is 3. The van der Waals surface area contributed by atoms with Gasteiger partial charge in [0.1, 0.15) is 11.6 Å². The Labute approximate surface area is 117 Å². The zero-order valence-corrected chi connectivity index (χ0v) is 11.2. The van der Waals surface area contributed by atoms with Crippen LogP contribution in [0.4, 0.5) is 11.8 Å². The van der Waals surface area contributed by atoms with Crippen LogP contribution in [0, 0.1) is 0 Å². The molecule has 1 aromatic heterocycles. The SMILES string of the molecule is CNC1CN(c2cc(-c3cccc(O)c3)nc(N)n2)C1. The van der Waals surface area contributed by atoms with Gasteiger partial charge in [-0.05, 0) is 19.2 Å². The molecule has 1 aliphatic rings. The number of nitrogens with two attached hydrogens (primary N) is 1. The van der Waals surface area contributed by atoms with Crippen molar-refractivity contribution in [2.75, 3.05) is 30.8 Å². The first-order chi connectivity index (χ1) is 9.65. The molecule has 6 nitrogen and oxygen atoms in total. The summed E-state index contributed by atoms with van der Waals surface area (Å²) < 4.78 is 0. The van der Waals surface area contributed by atoms with E-state index in [1.165, 1.54) is 0 Å². The van der Waals surface area contributed by atoms with Gasteiger partial charge >= 0.3 is 0 Å². The minimum absolute atomic E-state index is 0.209. The molecule has 1 fully saturated rings. The fourth-order valence-electron chi connectivity index (χ4n) is 2.28. The first-order valence-corrected chi connectivity index (χ1v) is 6.52. The Morgan fingerprint density at radius 3 is 2.80 bits per heavy atom. The molecular weight excluding hydrogens is 254 g/mol. The fourth-order valence-corrected chi connectivity index (χ4v) is 2.28. The van der Waals surface area contributed by atoms with E-state index in [1.807, 2.05) is 19.2 Å². The highest BCUT2D eigenvalue weighted by molar-refractivity contribution is 5.66. The van der Waals surface area contributed by atoms with Gasteiger partial charge in [-0.2, -0.15) is 4.98 Å². The van der Waals surface area contributed by atoms with Gasteiger partial charge in [0.25, 0.3) is 0 Å². The number of aromatic nitrogens is 2. The average Bonchev–Trinajstić information content (AvgIpc) is 2.37. The number of nitrogen functional groups attached to an aromatic ring is 1. The summed E-state index contributed by atoms with van der Waals surface area (Å²) in [6, 6.07) is 9.35. The summed E-state index contributed by atoms with van der Waals surface area (Å²) in [6.07, 6.45) is 0. The van der Waals surface area contributed by atoms with Crippen molar-refractivity contribution in [1.29, 1.82) is 0 Å². The lowest BCUT2D eigenvalue weighted by atomic mass is 10.1. The lowest BCUT2D eigenvalue weighted by Crippen LogP contribution is -2.57. The molecular formula is C14H17N5O. The van der Waals surface area contributed by atoms with Gasteiger partial charge in [-0.1, -0.05) is 12.1 Å². The Morgan fingerprint density at radius 1 is 1.30 bits per heavy atom.